The van der Waals surface area contributed by atoms with Crippen molar-refractivity contribution in [2.24, 2.45) is 0 Å². The molecule has 2 rings (SSSR count). The van der Waals surface area contributed by atoms with E-state index in [1.165, 1.54) is 18.2 Å². The van der Waals surface area contributed by atoms with E-state index in [-0.39, 0.29) is 16.8 Å². The molecule has 0 saturated carbocycles. The van der Waals surface area contributed by atoms with Gasteiger partial charge in [-0.3, -0.25) is 4.79 Å². The van der Waals surface area contributed by atoms with Crippen molar-refractivity contribution in [3.63, 3.8) is 0 Å². The van der Waals surface area contributed by atoms with E-state index in [9.17, 15) is 14.0 Å². The number of hydrogen-bond donors (Lipinski definition) is 2. The average molecular weight is 287 g/mol. The van der Waals surface area contributed by atoms with Crippen LogP contribution in [-0.2, 0) is 0 Å². The lowest BCUT2D eigenvalue weighted by Gasteiger charge is -2.12. The van der Waals surface area contributed by atoms with Gasteiger partial charge in [0.1, 0.15) is 5.82 Å². The van der Waals surface area contributed by atoms with E-state index in [1.807, 2.05) is 0 Å². The number of para-hydroxylation sites is 1. The zero-order chi connectivity index (χ0) is 15.6. The van der Waals surface area contributed by atoms with Crippen molar-refractivity contribution in [2.45, 2.75) is 13.8 Å². The Labute approximate surface area is 121 Å². The number of aryl methyl sites for hydroxylation is 2. The molecule has 0 saturated heterocycles. The van der Waals surface area contributed by atoms with Crippen molar-refractivity contribution in [3.8, 4) is 0 Å². The highest BCUT2D eigenvalue weighted by Gasteiger charge is 2.16. The lowest BCUT2D eigenvalue weighted by Crippen LogP contribution is -2.17. The van der Waals surface area contributed by atoms with Crippen LogP contribution in [0.15, 0.2) is 36.4 Å². The van der Waals surface area contributed by atoms with Gasteiger partial charge in [-0.25, -0.2) is 9.18 Å². The first-order chi connectivity index (χ1) is 9.90. The summed E-state index contributed by atoms with van der Waals surface area (Å²) >= 11 is 0. The van der Waals surface area contributed by atoms with Gasteiger partial charge in [0.15, 0.2) is 0 Å². The quantitative estimate of drug-likeness (QED) is 0.909. The van der Waals surface area contributed by atoms with E-state index in [0.717, 1.165) is 6.07 Å². The number of nitrogens with one attached hydrogen (secondary N) is 1. The third-order valence-corrected chi connectivity index (χ3v) is 3.19. The Bertz CT molecular complexity index is 725. The first-order valence-electron chi connectivity index (χ1n) is 6.30. The van der Waals surface area contributed by atoms with E-state index >= 15 is 0 Å². The Morgan fingerprint density at radius 2 is 1.76 bits per heavy atom. The fourth-order valence-corrected chi connectivity index (χ4v) is 2.03. The zero-order valence-corrected chi connectivity index (χ0v) is 11.6. The van der Waals surface area contributed by atoms with Crippen LogP contribution in [0.1, 0.15) is 31.8 Å². The lowest BCUT2D eigenvalue weighted by molar-refractivity contribution is 0.0698. The third kappa shape index (κ3) is 3.08. The number of carboxylic acids is 1. The summed E-state index contributed by atoms with van der Waals surface area (Å²) in [6.45, 7) is 3.38. The summed E-state index contributed by atoms with van der Waals surface area (Å²) in [5.41, 5.74) is 1.63. The van der Waals surface area contributed by atoms with Crippen LogP contribution in [0.3, 0.4) is 0 Å². The maximum atomic E-state index is 13.3. The van der Waals surface area contributed by atoms with Crippen LogP contribution in [0.25, 0.3) is 0 Å². The van der Waals surface area contributed by atoms with Crippen molar-refractivity contribution in [1.29, 1.82) is 0 Å². The maximum absolute atomic E-state index is 13.3. The Morgan fingerprint density at radius 3 is 2.43 bits per heavy atom. The number of carbonyl (C=O) groups excluding carboxylic acids is 1. The molecule has 0 bridgehead atoms. The average Bonchev–Trinajstić information content (AvgIpc) is 2.43. The van der Waals surface area contributed by atoms with Crippen LogP contribution < -0.4 is 5.32 Å². The molecule has 2 aromatic rings. The van der Waals surface area contributed by atoms with Crippen LogP contribution in [-0.4, -0.2) is 17.0 Å². The largest absolute Gasteiger partial charge is 0.478 e. The minimum atomic E-state index is -1.13. The number of hydrogen-bond acceptors (Lipinski definition) is 2. The topological polar surface area (TPSA) is 66.4 Å². The predicted molar refractivity (Wildman–Crippen MR) is 77.2 cm³/mol. The van der Waals surface area contributed by atoms with Crippen molar-refractivity contribution in [2.75, 3.05) is 5.32 Å². The first kappa shape index (κ1) is 14.7. The fraction of sp³-hybridized carbons (Fsp3) is 0.125. The SMILES string of the molecule is Cc1ccc(F)cc1C(=O)Nc1c(C)cccc1C(=O)O. The molecule has 2 aromatic carbocycles. The molecular weight excluding hydrogens is 273 g/mol. The Balaban J connectivity index is 2.41. The van der Waals surface area contributed by atoms with Gasteiger partial charge >= 0.3 is 5.97 Å². The third-order valence-electron chi connectivity index (χ3n) is 3.19. The molecule has 4 nitrogen and oxygen atoms in total. The fourth-order valence-electron chi connectivity index (χ4n) is 2.03. The predicted octanol–water partition coefficient (Wildman–Crippen LogP) is 3.39. The maximum Gasteiger partial charge on any atom is 0.337 e. The van der Waals surface area contributed by atoms with Gasteiger partial charge < -0.3 is 10.4 Å². The van der Waals surface area contributed by atoms with Gasteiger partial charge in [-0.15, -0.1) is 0 Å². The van der Waals surface area contributed by atoms with Crippen LogP contribution >= 0.6 is 0 Å². The van der Waals surface area contributed by atoms with Gasteiger partial charge in [0.05, 0.1) is 11.3 Å². The molecule has 0 spiro atoms. The minimum absolute atomic E-state index is 0.00240. The van der Waals surface area contributed by atoms with Crippen LogP contribution in [0, 0.1) is 19.7 Å². The smallest absolute Gasteiger partial charge is 0.337 e. The molecule has 108 valence electrons. The molecule has 5 heteroatoms. The van der Waals surface area contributed by atoms with E-state index < -0.39 is 17.7 Å². The van der Waals surface area contributed by atoms with Crippen LogP contribution in [0.2, 0.25) is 0 Å². The Hall–Kier alpha value is -2.69. The summed E-state index contributed by atoms with van der Waals surface area (Å²) < 4.78 is 13.3. The van der Waals surface area contributed by atoms with Crippen molar-refractivity contribution >= 4 is 17.6 Å². The molecule has 1 amide bonds. The van der Waals surface area contributed by atoms with Gasteiger partial charge in [0.2, 0.25) is 0 Å². The molecular formula is C16H14FNO3. The molecule has 0 atom stereocenters. The van der Waals surface area contributed by atoms with Gasteiger partial charge in [0, 0.05) is 5.56 Å². The molecule has 21 heavy (non-hydrogen) atoms. The second-order valence-corrected chi connectivity index (χ2v) is 4.72. The number of anilines is 1. The molecule has 0 unspecified atom stereocenters. The highest BCUT2D eigenvalue weighted by Crippen LogP contribution is 2.22. The van der Waals surface area contributed by atoms with Gasteiger partial charge in [-0.1, -0.05) is 18.2 Å². The van der Waals surface area contributed by atoms with E-state index in [0.29, 0.717) is 11.1 Å². The van der Waals surface area contributed by atoms with E-state index in [4.69, 9.17) is 5.11 Å². The molecule has 0 aliphatic rings. The molecule has 0 aliphatic carbocycles. The van der Waals surface area contributed by atoms with Crippen molar-refractivity contribution < 1.29 is 19.1 Å². The molecule has 0 fully saturated rings. The number of carbonyl (C=O) groups is 2. The van der Waals surface area contributed by atoms with E-state index in [2.05, 4.69) is 5.32 Å². The number of amides is 1. The number of benzene rings is 2. The molecule has 0 heterocycles. The summed E-state index contributed by atoms with van der Waals surface area (Å²) in [7, 11) is 0. The van der Waals surface area contributed by atoms with Gasteiger partial charge in [-0.2, -0.15) is 0 Å². The Kier molecular flexibility index (Phi) is 4.03. The zero-order valence-electron chi connectivity index (χ0n) is 11.6. The summed E-state index contributed by atoms with van der Waals surface area (Å²) in [6, 6.07) is 8.60. The number of carboxylic acid groups (broad SMARTS) is 1. The first-order valence-corrected chi connectivity index (χ1v) is 6.30. The molecule has 0 radical (unpaired) electrons. The van der Waals surface area contributed by atoms with Gasteiger partial charge in [-0.05, 0) is 43.2 Å². The molecule has 0 aromatic heterocycles. The van der Waals surface area contributed by atoms with E-state index in [1.54, 1.807) is 26.0 Å². The number of halogens is 1. The second kappa shape index (κ2) is 5.75. The van der Waals surface area contributed by atoms with Crippen LogP contribution in [0.5, 0.6) is 0 Å². The summed E-state index contributed by atoms with van der Waals surface area (Å²) in [5.74, 6) is -2.19. The van der Waals surface area contributed by atoms with Crippen LogP contribution in [0.4, 0.5) is 10.1 Å². The summed E-state index contributed by atoms with van der Waals surface area (Å²) in [6.07, 6.45) is 0. The highest BCUT2D eigenvalue weighted by atomic mass is 19.1. The summed E-state index contributed by atoms with van der Waals surface area (Å²) in [5, 5.41) is 11.7. The molecule has 0 aliphatic heterocycles. The van der Waals surface area contributed by atoms with Crippen molar-refractivity contribution in [3.05, 3.63) is 64.5 Å². The monoisotopic (exact) mass is 287 g/mol. The minimum Gasteiger partial charge on any atom is -0.478 e. The highest BCUT2D eigenvalue weighted by molar-refractivity contribution is 6.09. The van der Waals surface area contributed by atoms with Gasteiger partial charge in [0.25, 0.3) is 5.91 Å². The summed E-state index contributed by atoms with van der Waals surface area (Å²) in [4.78, 5) is 23.4. The number of aromatic carboxylic acids is 1. The standard InChI is InChI=1S/C16H14FNO3/c1-9-6-7-11(17)8-13(9)15(19)18-14-10(2)4-3-5-12(14)16(20)21/h3-8H,1-2H3,(H,18,19)(H,20,21). The Morgan fingerprint density at radius 1 is 1.05 bits per heavy atom. The lowest BCUT2D eigenvalue weighted by atomic mass is 10.1. The van der Waals surface area contributed by atoms with Crippen molar-refractivity contribution in [1.82, 2.24) is 0 Å². The normalized spacial score (nSPS) is 10.2. The number of rotatable bonds is 3. The molecule has 2 N–H and O–H groups in total. The second-order valence-electron chi connectivity index (χ2n) is 4.72.